The molecule has 0 amide bonds. The summed E-state index contributed by atoms with van der Waals surface area (Å²) in [4.78, 5) is 0. The molecule has 0 bridgehead atoms. The molecule has 0 aromatic heterocycles. The van der Waals surface area contributed by atoms with E-state index in [-0.39, 0.29) is 6.61 Å². The second kappa shape index (κ2) is 6.13. The highest BCUT2D eigenvalue weighted by molar-refractivity contribution is 6.23. The van der Waals surface area contributed by atoms with Crippen LogP contribution in [0.3, 0.4) is 0 Å². The summed E-state index contributed by atoms with van der Waals surface area (Å²) in [5.74, 6) is 6.66. The molecule has 0 radical (unpaired) electrons. The third kappa shape index (κ3) is 2.54. The van der Waals surface area contributed by atoms with E-state index in [4.69, 9.17) is 0 Å². The van der Waals surface area contributed by atoms with Gasteiger partial charge < -0.3 is 5.11 Å². The highest BCUT2D eigenvalue weighted by atomic mass is 16.3. The lowest BCUT2D eigenvalue weighted by Crippen LogP contribution is -1.89. The van der Waals surface area contributed by atoms with Crippen molar-refractivity contribution in [2.24, 2.45) is 0 Å². The quantitative estimate of drug-likeness (QED) is 0.301. The molecule has 0 saturated heterocycles. The molecular weight excluding hydrogens is 328 g/mol. The molecule has 128 valence electrons. The van der Waals surface area contributed by atoms with E-state index in [0.717, 1.165) is 22.3 Å². The summed E-state index contributed by atoms with van der Waals surface area (Å²) in [6.45, 7) is 2.07. The lowest BCUT2D eigenvalue weighted by molar-refractivity contribution is 0.281. The van der Waals surface area contributed by atoms with Gasteiger partial charge in [0.2, 0.25) is 0 Å². The Bertz CT molecular complexity index is 1350. The number of aliphatic hydroxyl groups excluding tert-OH is 1. The largest absolute Gasteiger partial charge is 0.392 e. The number of aliphatic hydroxyl groups is 1. The number of hydrogen-bond donors (Lipinski definition) is 1. The van der Waals surface area contributed by atoms with Crippen LogP contribution in [0.25, 0.3) is 32.3 Å². The van der Waals surface area contributed by atoms with Crippen molar-refractivity contribution >= 4 is 32.3 Å². The molecule has 0 saturated carbocycles. The van der Waals surface area contributed by atoms with Crippen LogP contribution in [0.1, 0.15) is 22.3 Å². The van der Waals surface area contributed by atoms with E-state index in [1.54, 1.807) is 0 Å². The Morgan fingerprint density at radius 1 is 0.741 bits per heavy atom. The molecule has 0 aliphatic rings. The van der Waals surface area contributed by atoms with Crippen LogP contribution < -0.4 is 0 Å². The lowest BCUT2D eigenvalue weighted by Gasteiger charge is -2.11. The standard InChI is InChI=1S/C26H18O/c1-17-15-18(6-8-23(17)16-27)5-7-19-9-10-22-12-11-20-3-2-4-21-13-14-24(19)26(22)25(20)21/h2-4,6,8-15,27H,16H2,1H3. The van der Waals surface area contributed by atoms with Gasteiger partial charge in [-0.1, -0.05) is 66.4 Å². The van der Waals surface area contributed by atoms with E-state index in [0.29, 0.717) is 0 Å². The van der Waals surface area contributed by atoms with Crippen LogP contribution in [-0.2, 0) is 6.61 Å². The molecule has 0 aliphatic carbocycles. The minimum atomic E-state index is 0.0641. The van der Waals surface area contributed by atoms with Gasteiger partial charge in [-0.3, -0.25) is 0 Å². The van der Waals surface area contributed by atoms with Crippen LogP contribution in [0.2, 0.25) is 0 Å². The molecule has 0 spiro atoms. The van der Waals surface area contributed by atoms with Crippen molar-refractivity contribution in [1.82, 2.24) is 0 Å². The predicted molar refractivity (Wildman–Crippen MR) is 113 cm³/mol. The monoisotopic (exact) mass is 346 g/mol. The first-order valence-electron chi connectivity index (χ1n) is 9.13. The smallest absolute Gasteiger partial charge is 0.0684 e. The average Bonchev–Trinajstić information content (AvgIpc) is 2.71. The van der Waals surface area contributed by atoms with E-state index in [1.165, 1.54) is 32.3 Å². The zero-order valence-electron chi connectivity index (χ0n) is 15.1. The van der Waals surface area contributed by atoms with Crippen molar-refractivity contribution < 1.29 is 5.11 Å². The summed E-state index contributed by atoms with van der Waals surface area (Å²) in [7, 11) is 0. The van der Waals surface area contributed by atoms with Gasteiger partial charge in [0, 0.05) is 11.1 Å². The van der Waals surface area contributed by atoms with E-state index in [1.807, 2.05) is 25.1 Å². The molecular formula is C26H18O. The zero-order chi connectivity index (χ0) is 18.4. The SMILES string of the molecule is Cc1cc(C#Cc2ccc3ccc4cccc5ccc2c3c45)ccc1CO. The topological polar surface area (TPSA) is 20.2 Å². The van der Waals surface area contributed by atoms with Gasteiger partial charge in [-0.05, 0) is 68.6 Å². The normalized spacial score (nSPS) is 11.2. The second-order valence-corrected chi connectivity index (χ2v) is 7.02. The first-order valence-corrected chi connectivity index (χ1v) is 9.13. The van der Waals surface area contributed by atoms with Gasteiger partial charge in [0.05, 0.1) is 6.61 Å². The maximum absolute atomic E-state index is 9.33. The molecule has 27 heavy (non-hydrogen) atoms. The first kappa shape index (κ1) is 15.9. The van der Waals surface area contributed by atoms with Gasteiger partial charge in [0.25, 0.3) is 0 Å². The van der Waals surface area contributed by atoms with Crippen LogP contribution >= 0.6 is 0 Å². The van der Waals surface area contributed by atoms with Crippen molar-refractivity contribution in [1.29, 1.82) is 0 Å². The van der Waals surface area contributed by atoms with Gasteiger partial charge in [0.1, 0.15) is 0 Å². The maximum Gasteiger partial charge on any atom is 0.0684 e. The molecule has 0 aliphatic heterocycles. The fourth-order valence-electron chi connectivity index (χ4n) is 3.93. The van der Waals surface area contributed by atoms with Crippen LogP contribution in [0, 0.1) is 18.8 Å². The molecule has 5 aromatic rings. The van der Waals surface area contributed by atoms with E-state index in [9.17, 15) is 5.11 Å². The molecule has 5 rings (SSSR count). The fraction of sp³-hybridized carbons (Fsp3) is 0.0769. The Kier molecular flexibility index (Phi) is 3.60. The zero-order valence-corrected chi connectivity index (χ0v) is 15.1. The first-order chi connectivity index (χ1) is 13.2. The molecule has 1 heteroatoms. The van der Waals surface area contributed by atoms with Crippen LogP contribution in [0.15, 0.2) is 72.8 Å². The molecule has 0 unspecified atom stereocenters. The Hall–Kier alpha value is -3.34. The minimum Gasteiger partial charge on any atom is -0.392 e. The van der Waals surface area contributed by atoms with Gasteiger partial charge in [-0.25, -0.2) is 0 Å². The van der Waals surface area contributed by atoms with Gasteiger partial charge in [-0.2, -0.15) is 0 Å². The number of rotatable bonds is 1. The maximum atomic E-state index is 9.33. The highest BCUT2D eigenvalue weighted by Crippen LogP contribution is 2.35. The van der Waals surface area contributed by atoms with Crippen LogP contribution in [0.5, 0.6) is 0 Å². The van der Waals surface area contributed by atoms with Gasteiger partial charge in [0.15, 0.2) is 0 Å². The van der Waals surface area contributed by atoms with Crippen molar-refractivity contribution in [3.05, 3.63) is 95.1 Å². The summed E-state index contributed by atoms with van der Waals surface area (Å²) in [6.07, 6.45) is 0. The molecule has 1 nitrogen and oxygen atoms in total. The van der Waals surface area contributed by atoms with Crippen molar-refractivity contribution in [3.63, 3.8) is 0 Å². The summed E-state index contributed by atoms with van der Waals surface area (Å²) in [5, 5.41) is 16.9. The second-order valence-electron chi connectivity index (χ2n) is 7.02. The van der Waals surface area contributed by atoms with Crippen LogP contribution in [-0.4, -0.2) is 5.11 Å². The number of benzene rings is 5. The Labute approximate surface area is 158 Å². The van der Waals surface area contributed by atoms with Gasteiger partial charge in [-0.15, -0.1) is 0 Å². The number of hydrogen-bond acceptors (Lipinski definition) is 1. The Balaban J connectivity index is 1.72. The van der Waals surface area contributed by atoms with Crippen molar-refractivity contribution in [2.75, 3.05) is 0 Å². The molecule has 0 heterocycles. The van der Waals surface area contributed by atoms with Crippen molar-refractivity contribution in [3.8, 4) is 11.8 Å². The number of aryl methyl sites for hydroxylation is 1. The fourth-order valence-corrected chi connectivity index (χ4v) is 3.93. The molecule has 1 N–H and O–H groups in total. The van der Waals surface area contributed by atoms with Crippen LogP contribution in [0.4, 0.5) is 0 Å². The van der Waals surface area contributed by atoms with E-state index >= 15 is 0 Å². The highest BCUT2D eigenvalue weighted by Gasteiger charge is 2.09. The Morgan fingerprint density at radius 2 is 1.44 bits per heavy atom. The third-order valence-electron chi connectivity index (χ3n) is 5.38. The summed E-state index contributed by atoms with van der Waals surface area (Å²) in [5.41, 5.74) is 4.03. The minimum absolute atomic E-state index is 0.0641. The predicted octanol–water partition coefficient (Wildman–Crippen LogP) is 5.78. The van der Waals surface area contributed by atoms with Crippen molar-refractivity contribution in [2.45, 2.75) is 13.5 Å². The molecule has 5 aromatic carbocycles. The molecule has 0 atom stereocenters. The summed E-state index contributed by atoms with van der Waals surface area (Å²) in [6, 6.07) is 25.5. The summed E-state index contributed by atoms with van der Waals surface area (Å²) < 4.78 is 0. The summed E-state index contributed by atoms with van der Waals surface area (Å²) >= 11 is 0. The van der Waals surface area contributed by atoms with Gasteiger partial charge >= 0.3 is 0 Å². The Morgan fingerprint density at radius 3 is 2.19 bits per heavy atom. The molecule has 0 fully saturated rings. The lowest BCUT2D eigenvalue weighted by atomic mass is 9.92. The third-order valence-corrected chi connectivity index (χ3v) is 5.38. The van der Waals surface area contributed by atoms with E-state index < -0.39 is 0 Å². The average molecular weight is 346 g/mol. The van der Waals surface area contributed by atoms with E-state index in [2.05, 4.69) is 66.4 Å².